The maximum Gasteiger partial charge on any atom is 0.355 e. The van der Waals surface area contributed by atoms with Gasteiger partial charge in [0.1, 0.15) is 5.37 Å². The summed E-state index contributed by atoms with van der Waals surface area (Å²) >= 11 is 1.14. The fourth-order valence-corrected chi connectivity index (χ4v) is 3.67. The van der Waals surface area contributed by atoms with Crippen molar-refractivity contribution in [1.82, 2.24) is 25.1 Å². The quantitative estimate of drug-likeness (QED) is 0.663. The summed E-state index contributed by atoms with van der Waals surface area (Å²) in [7, 11) is 0. The Labute approximate surface area is 110 Å². The van der Waals surface area contributed by atoms with Crippen LogP contribution in [0.2, 0.25) is 0 Å². The summed E-state index contributed by atoms with van der Waals surface area (Å²) in [6.45, 7) is 1.51. The molecule has 1 saturated heterocycles. The summed E-state index contributed by atoms with van der Waals surface area (Å²) in [5, 5.41) is 29.5. The number of carbonyl (C=O) groups excluding carboxylic acids is 1. The van der Waals surface area contributed by atoms with Crippen molar-refractivity contribution in [2.45, 2.75) is 18.4 Å². The first-order chi connectivity index (χ1) is 9.02. The van der Waals surface area contributed by atoms with Gasteiger partial charge < -0.3 is 10.2 Å². The van der Waals surface area contributed by atoms with Crippen LogP contribution in [0.15, 0.2) is 12.0 Å². The first kappa shape index (κ1) is 12.1. The lowest BCUT2D eigenvalue weighted by atomic mass is 9.92. The average Bonchev–Trinajstić information content (AvgIpc) is 2.92. The molecule has 9 nitrogen and oxygen atoms in total. The Hall–Kier alpha value is -1.94. The number of aliphatic carboxylic acids is 1. The molecule has 100 valence electrons. The Morgan fingerprint density at radius 2 is 2.32 bits per heavy atom. The Morgan fingerprint density at radius 3 is 2.84 bits per heavy atom. The molecule has 1 amide bonds. The number of aliphatic hydroxyl groups excluding tert-OH is 1. The van der Waals surface area contributed by atoms with Crippen molar-refractivity contribution in [3.63, 3.8) is 0 Å². The van der Waals surface area contributed by atoms with E-state index in [1.807, 2.05) is 0 Å². The molecule has 0 aromatic carbocycles. The van der Waals surface area contributed by atoms with Crippen LogP contribution in [-0.4, -0.2) is 58.7 Å². The number of hydrogen-bond acceptors (Lipinski definition) is 7. The molecular weight excluding hydrogens is 274 g/mol. The Morgan fingerprint density at radius 1 is 1.58 bits per heavy atom. The van der Waals surface area contributed by atoms with Crippen LogP contribution in [0.25, 0.3) is 5.03 Å². The molecule has 0 spiro atoms. The molecule has 0 radical (unpaired) electrons. The first-order valence-corrected chi connectivity index (χ1v) is 6.29. The van der Waals surface area contributed by atoms with Gasteiger partial charge >= 0.3 is 5.97 Å². The third kappa shape index (κ3) is 1.56. The number of aromatic nitrogens is 4. The molecule has 3 rings (SSSR count). The number of carboxylic acid groups (broad SMARTS) is 1. The fourth-order valence-electron chi connectivity index (χ4n) is 2.16. The minimum atomic E-state index is -1.24. The molecule has 2 aliphatic rings. The van der Waals surface area contributed by atoms with Crippen LogP contribution in [0.5, 0.6) is 0 Å². The van der Waals surface area contributed by atoms with Crippen LogP contribution >= 0.6 is 11.8 Å². The van der Waals surface area contributed by atoms with Gasteiger partial charge in [-0.1, -0.05) is 11.8 Å². The Bertz CT molecular complexity index is 583. The smallest absolute Gasteiger partial charge is 0.355 e. The summed E-state index contributed by atoms with van der Waals surface area (Å²) in [5.74, 6) is -2.25. The summed E-state index contributed by atoms with van der Waals surface area (Å²) < 4.78 is 0. The lowest BCUT2D eigenvalue weighted by Crippen LogP contribution is -2.60. The monoisotopic (exact) mass is 283 g/mol. The van der Waals surface area contributed by atoms with Crippen LogP contribution in [0.1, 0.15) is 6.92 Å². The highest BCUT2D eigenvalue weighted by molar-refractivity contribution is 8.08. The molecule has 1 fully saturated rings. The van der Waals surface area contributed by atoms with Crippen LogP contribution in [0, 0.1) is 5.92 Å². The number of nitrogens with zero attached hydrogens (tertiary/aromatic N) is 5. The molecule has 3 atom stereocenters. The predicted octanol–water partition coefficient (Wildman–Crippen LogP) is -1.20. The maximum absolute atomic E-state index is 11.9. The van der Waals surface area contributed by atoms with Gasteiger partial charge in [0.25, 0.3) is 0 Å². The molecule has 2 unspecified atom stereocenters. The Kier molecular flexibility index (Phi) is 2.57. The van der Waals surface area contributed by atoms with Gasteiger partial charge in [-0.3, -0.25) is 9.69 Å². The van der Waals surface area contributed by atoms with Crippen molar-refractivity contribution >= 4 is 28.7 Å². The van der Waals surface area contributed by atoms with Crippen LogP contribution < -0.4 is 0 Å². The molecule has 0 aliphatic carbocycles. The zero-order valence-corrected chi connectivity index (χ0v) is 10.5. The van der Waals surface area contributed by atoms with Gasteiger partial charge in [-0.05, 0) is 12.1 Å². The zero-order valence-electron chi connectivity index (χ0n) is 9.66. The summed E-state index contributed by atoms with van der Waals surface area (Å²) in [5.41, 5.74) is -0.171. The van der Waals surface area contributed by atoms with E-state index < -0.39 is 29.3 Å². The number of thioether (sulfide) groups is 1. The van der Waals surface area contributed by atoms with Gasteiger partial charge in [0, 0.05) is 0 Å². The number of aliphatic hydroxyl groups is 1. The lowest BCUT2D eigenvalue weighted by molar-refractivity contribution is -0.156. The van der Waals surface area contributed by atoms with Gasteiger partial charge in [0.05, 0.1) is 12.0 Å². The normalized spacial score (nSPS) is 27.3. The van der Waals surface area contributed by atoms with E-state index in [0.717, 1.165) is 21.5 Å². The number of rotatable bonds is 3. The highest BCUT2D eigenvalue weighted by atomic mass is 32.2. The first-order valence-electron chi connectivity index (χ1n) is 5.41. The zero-order chi connectivity index (χ0) is 13.7. The van der Waals surface area contributed by atoms with E-state index in [9.17, 15) is 19.8 Å². The molecule has 1 aromatic rings. The molecule has 0 saturated carbocycles. The van der Waals surface area contributed by atoms with E-state index in [0.29, 0.717) is 0 Å². The highest BCUT2D eigenvalue weighted by Crippen LogP contribution is 2.51. The molecule has 3 heterocycles. The second-order valence-electron chi connectivity index (χ2n) is 4.17. The van der Waals surface area contributed by atoms with Gasteiger partial charge in [-0.15, -0.1) is 15.0 Å². The molecule has 2 N–H and O–H groups in total. The van der Waals surface area contributed by atoms with Crippen LogP contribution in [0.3, 0.4) is 0 Å². The number of carboxylic acids is 1. The number of hydrogen-bond donors (Lipinski definition) is 2. The van der Waals surface area contributed by atoms with E-state index in [4.69, 9.17) is 0 Å². The van der Waals surface area contributed by atoms with E-state index in [1.165, 1.54) is 13.3 Å². The third-order valence-electron chi connectivity index (χ3n) is 3.01. The van der Waals surface area contributed by atoms with E-state index in [1.54, 1.807) is 0 Å². The third-order valence-corrected chi connectivity index (χ3v) is 4.34. The fraction of sp³-hybridized carbons (Fsp3) is 0.444. The number of carbonyl (C=O) groups is 2. The van der Waals surface area contributed by atoms with Gasteiger partial charge in [0.2, 0.25) is 5.91 Å². The highest BCUT2D eigenvalue weighted by Gasteiger charge is 2.58. The second-order valence-corrected chi connectivity index (χ2v) is 5.27. The number of amides is 1. The lowest BCUT2D eigenvalue weighted by Gasteiger charge is -2.43. The molecule has 0 bridgehead atoms. The molecular formula is C9H9N5O4S. The van der Waals surface area contributed by atoms with Gasteiger partial charge in [0.15, 0.2) is 17.1 Å². The van der Waals surface area contributed by atoms with Crippen molar-refractivity contribution in [2.75, 3.05) is 0 Å². The minimum absolute atomic E-state index is 0.171. The molecule has 1 aromatic heterocycles. The number of β-lactam (4-membered cyclic amide) rings is 1. The van der Waals surface area contributed by atoms with Crippen molar-refractivity contribution in [1.29, 1.82) is 0 Å². The minimum Gasteiger partial charge on any atom is -0.476 e. The number of fused-ring (bicyclic) bond motifs is 1. The van der Waals surface area contributed by atoms with Gasteiger partial charge in [-0.2, -0.15) is 0 Å². The maximum atomic E-state index is 11.9. The van der Waals surface area contributed by atoms with Crippen molar-refractivity contribution in [3.05, 3.63) is 12.0 Å². The van der Waals surface area contributed by atoms with E-state index in [2.05, 4.69) is 15.4 Å². The van der Waals surface area contributed by atoms with Crippen LogP contribution in [-0.2, 0) is 9.59 Å². The largest absolute Gasteiger partial charge is 0.476 e. The summed E-state index contributed by atoms with van der Waals surface area (Å²) in [4.78, 5) is 25.4. The number of tetrazole rings is 1. The van der Waals surface area contributed by atoms with Crippen molar-refractivity contribution in [2.24, 2.45) is 5.92 Å². The standard InChI is InChI=1S/C9H9N5O4S/c1-3(15)4-6(16)13-5(9(17)18)8(19-7(4)13)14-11-2-10-12-14/h2-4,7,15H,1H3,(H,17,18)/t3?,4?,7-/m1/s1. The second kappa shape index (κ2) is 4.03. The van der Waals surface area contributed by atoms with E-state index >= 15 is 0 Å². The molecule has 10 heteroatoms. The Balaban J connectivity index is 2.01. The summed E-state index contributed by atoms with van der Waals surface area (Å²) in [6, 6.07) is 0. The molecule has 19 heavy (non-hydrogen) atoms. The molecule has 2 aliphatic heterocycles. The van der Waals surface area contributed by atoms with Crippen LogP contribution in [0.4, 0.5) is 0 Å². The topological polar surface area (TPSA) is 121 Å². The van der Waals surface area contributed by atoms with Crippen molar-refractivity contribution < 1.29 is 19.8 Å². The predicted molar refractivity (Wildman–Crippen MR) is 62.1 cm³/mol. The van der Waals surface area contributed by atoms with Crippen molar-refractivity contribution in [3.8, 4) is 0 Å². The SMILES string of the molecule is CC(O)C1C(=O)N2C(C(=O)O)=C(n3ncnn3)S[C@H]12. The average molecular weight is 283 g/mol. The summed E-state index contributed by atoms with van der Waals surface area (Å²) in [6.07, 6.45) is 0.343. The van der Waals surface area contributed by atoms with E-state index in [-0.39, 0.29) is 10.7 Å². The van der Waals surface area contributed by atoms with Gasteiger partial charge in [-0.25, -0.2) is 4.79 Å².